The van der Waals surface area contributed by atoms with Gasteiger partial charge in [0.15, 0.2) is 0 Å². The van der Waals surface area contributed by atoms with Crippen molar-refractivity contribution in [3.63, 3.8) is 0 Å². The van der Waals surface area contributed by atoms with Crippen LogP contribution in [0.1, 0.15) is 44.4 Å². The molecule has 2 unspecified atom stereocenters. The Morgan fingerprint density at radius 1 is 1.25 bits per heavy atom. The number of aryl methyl sites for hydroxylation is 1. The van der Waals surface area contributed by atoms with E-state index in [4.69, 9.17) is 9.72 Å². The van der Waals surface area contributed by atoms with Gasteiger partial charge in [-0.2, -0.15) is 4.98 Å². The lowest BCUT2D eigenvalue weighted by atomic mass is 10.0. The number of piperazine rings is 1. The average molecular weight is 492 g/mol. The summed E-state index contributed by atoms with van der Waals surface area (Å²) in [6.45, 7) is 9.11. The summed E-state index contributed by atoms with van der Waals surface area (Å²) in [5, 5.41) is 6.74. The summed E-state index contributed by atoms with van der Waals surface area (Å²) in [5.41, 5.74) is 2.07. The normalized spacial score (nSPS) is 16.5. The van der Waals surface area contributed by atoms with Gasteiger partial charge in [0, 0.05) is 56.3 Å². The second kappa shape index (κ2) is 12.5. The molecule has 2 atom stereocenters. The fourth-order valence-corrected chi connectivity index (χ4v) is 4.67. The van der Waals surface area contributed by atoms with Crippen molar-refractivity contribution in [2.24, 2.45) is 0 Å². The van der Waals surface area contributed by atoms with E-state index < -0.39 is 0 Å². The standard InChI is InChI=1S/C27H37N7O2/c1-4-6-22(16-21-7-9-24(10-8-21)36-5-2)31-26(35)17-23-18-28-12-14-34(23)25-15-20(3)30-27(32-25)33-13-11-29-19-33/h7-11,13,15,19,22-23,28H,4-6,12,14,16-18H2,1-3H3,(H,31,35). The van der Waals surface area contributed by atoms with Crippen LogP contribution >= 0.6 is 0 Å². The Hall–Kier alpha value is -3.46. The summed E-state index contributed by atoms with van der Waals surface area (Å²) in [7, 11) is 0. The lowest BCUT2D eigenvalue weighted by Crippen LogP contribution is -2.54. The molecule has 1 saturated heterocycles. The van der Waals surface area contributed by atoms with Crippen molar-refractivity contribution in [3.05, 3.63) is 60.3 Å². The molecule has 0 spiro atoms. The minimum atomic E-state index is 0.0106. The van der Waals surface area contributed by atoms with Crippen LogP contribution in [0.2, 0.25) is 0 Å². The third kappa shape index (κ3) is 6.81. The van der Waals surface area contributed by atoms with Gasteiger partial charge in [0.1, 0.15) is 17.9 Å². The molecular weight excluding hydrogens is 454 g/mol. The van der Waals surface area contributed by atoms with Crippen LogP contribution in [-0.2, 0) is 11.2 Å². The zero-order valence-electron chi connectivity index (χ0n) is 21.5. The highest BCUT2D eigenvalue weighted by molar-refractivity contribution is 5.77. The SMILES string of the molecule is CCCC(Cc1ccc(OCC)cc1)NC(=O)CC1CNCCN1c1cc(C)nc(-n2ccnc2)n1. The third-order valence-corrected chi connectivity index (χ3v) is 6.35. The summed E-state index contributed by atoms with van der Waals surface area (Å²) in [4.78, 5) is 28.9. The van der Waals surface area contributed by atoms with E-state index in [1.807, 2.05) is 38.2 Å². The zero-order valence-corrected chi connectivity index (χ0v) is 21.5. The average Bonchev–Trinajstić information content (AvgIpc) is 3.41. The summed E-state index contributed by atoms with van der Waals surface area (Å²) < 4.78 is 7.35. The van der Waals surface area contributed by atoms with Gasteiger partial charge < -0.3 is 20.3 Å². The van der Waals surface area contributed by atoms with Gasteiger partial charge in [-0.05, 0) is 44.4 Å². The van der Waals surface area contributed by atoms with Crippen molar-refractivity contribution in [2.75, 3.05) is 31.1 Å². The summed E-state index contributed by atoms with van der Waals surface area (Å²) in [6.07, 6.45) is 8.39. The molecule has 0 bridgehead atoms. The number of imidazole rings is 1. The van der Waals surface area contributed by atoms with E-state index in [1.165, 1.54) is 5.56 Å². The van der Waals surface area contributed by atoms with Gasteiger partial charge in [-0.15, -0.1) is 0 Å². The molecule has 1 amide bonds. The fraction of sp³-hybridized carbons (Fsp3) is 0.481. The van der Waals surface area contributed by atoms with E-state index >= 15 is 0 Å². The number of nitrogens with zero attached hydrogens (tertiary/aromatic N) is 5. The largest absolute Gasteiger partial charge is 0.494 e. The molecule has 1 fully saturated rings. The molecule has 4 rings (SSSR count). The first kappa shape index (κ1) is 25.6. The molecule has 0 radical (unpaired) electrons. The highest BCUT2D eigenvalue weighted by Gasteiger charge is 2.27. The van der Waals surface area contributed by atoms with Crippen LogP contribution < -0.4 is 20.3 Å². The molecule has 192 valence electrons. The van der Waals surface area contributed by atoms with Crippen LogP contribution in [0.25, 0.3) is 5.95 Å². The fourth-order valence-electron chi connectivity index (χ4n) is 4.67. The van der Waals surface area contributed by atoms with Gasteiger partial charge >= 0.3 is 0 Å². The summed E-state index contributed by atoms with van der Waals surface area (Å²) in [5.74, 6) is 2.37. The smallest absolute Gasteiger partial charge is 0.237 e. The predicted molar refractivity (Wildman–Crippen MR) is 141 cm³/mol. The van der Waals surface area contributed by atoms with Gasteiger partial charge in [-0.3, -0.25) is 9.36 Å². The topological polar surface area (TPSA) is 97.2 Å². The van der Waals surface area contributed by atoms with Gasteiger partial charge in [-0.1, -0.05) is 25.5 Å². The van der Waals surface area contributed by atoms with E-state index in [-0.39, 0.29) is 18.0 Å². The number of anilines is 1. The number of benzene rings is 1. The molecule has 1 aliphatic heterocycles. The van der Waals surface area contributed by atoms with Gasteiger partial charge in [0.05, 0.1) is 12.6 Å². The molecule has 0 saturated carbocycles. The van der Waals surface area contributed by atoms with Gasteiger partial charge in [-0.25, -0.2) is 9.97 Å². The number of aromatic nitrogens is 4. The molecule has 9 nitrogen and oxygen atoms in total. The Kier molecular flexibility index (Phi) is 8.89. The van der Waals surface area contributed by atoms with Crippen LogP contribution in [0.15, 0.2) is 49.1 Å². The van der Waals surface area contributed by atoms with E-state index in [0.717, 1.165) is 56.2 Å². The van der Waals surface area contributed by atoms with E-state index in [1.54, 1.807) is 17.1 Å². The molecule has 0 aliphatic carbocycles. The van der Waals surface area contributed by atoms with Gasteiger partial charge in [0.25, 0.3) is 0 Å². The molecule has 2 N–H and O–H groups in total. The number of carbonyl (C=O) groups excluding carboxylic acids is 1. The zero-order chi connectivity index (χ0) is 25.3. The van der Waals surface area contributed by atoms with Crippen LogP contribution in [0, 0.1) is 6.92 Å². The molecule has 2 aromatic heterocycles. The van der Waals surface area contributed by atoms with Crippen molar-refractivity contribution >= 4 is 11.7 Å². The highest BCUT2D eigenvalue weighted by Crippen LogP contribution is 2.21. The van der Waals surface area contributed by atoms with Crippen molar-refractivity contribution in [3.8, 4) is 11.7 Å². The van der Waals surface area contributed by atoms with Crippen LogP contribution in [0.4, 0.5) is 5.82 Å². The maximum absolute atomic E-state index is 13.2. The number of carbonyl (C=O) groups is 1. The monoisotopic (exact) mass is 491 g/mol. The van der Waals surface area contributed by atoms with Crippen LogP contribution in [0.5, 0.6) is 5.75 Å². The molecule has 1 aliphatic rings. The number of hydrogen-bond donors (Lipinski definition) is 2. The van der Waals surface area contributed by atoms with Crippen LogP contribution in [0.3, 0.4) is 0 Å². The first-order chi connectivity index (χ1) is 17.6. The molecular formula is C27H37N7O2. The molecule has 3 heterocycles. The molecule has 1 aromatic carbocycles. The minimum absolute atomic E-state index is 0.0106. The summed E-state index contributed by atoms with van der Waals surface area (Å²) in [6, 6.07) is 10.3. The second-order valence-electron chi connectivity index (χ2n) is 9.23. The lowest BCUT2D eigenvalue weighted by Gasteiger charge is -2.37. The van der Waals surface area contributed by atoms with Crippen LogP contribution in [-0.4, -0.2) is 63.8 Å². The van der Waals surface area contributed by atoms with E-state index in [0.29, 0.717) is 19.0 Å². The Morgan fingerprint density at radius 2 is 2.08 bits per heavy atom. The maximum atomic E-state index is 13.2. The Morgan fingerprint density at radius 3 is 2.81 bits per heavy atom. The van der Waals surface area contributed by atoms with Crippen molar-refractivity contribution in [2.45, 2.75) is 58.5 Å². The van der Waals surface area contributed by atoms with Crippen molar-refractivity contribution < 1.29 is 9.53 Å². The first-order valence-electron chi connectivity index (χ1n) is 12.9. The Labute approximate surface area is 213 Å². The summed E-state index contributed by atoms with van der Waals surface area (Å²) >= 11 is 0. The Balaban J connectivity index is 1.42. The van der Waals surface area contributed by atoms with Crippen molar-refractivity contribution in [1.29, 1.82) is 0 Å². The highest BCUT2D eigenvalue weighted by atomic mass is 16.5. The number of nitrogens with one attached hydrogen (secondary N) is 2. The Bertz CT molecular complexity index is 1100. The lowest BCUT2D eigenvalue weighted by molar-refractivity contribution is -0.122. The maximum Gasteiger partial charge on any atom is 0.237 e. The number of ether oxygens (including phenoxy) is 1. The van der Waals surface area contributed by atoms with Crippen molar-refractivity contribution in [1.82, 2.24) is 30.2 Å². The molecule has 3 aromatic rings. The van der Waals surface area contributed by atoms with Gasteiger partial charge in [0.2, 0.25) is 11.9 Å². The molecule has 36 heavy (non-hydrogen) atoms. The number of amides is 1. The number of hydrogen-bond acceptors (Lipinski definition) is 7. The predicted octanol–water partition coefficient (Wildman–Crippen LogP) is 3.07. The quantitative estimate of drug-likeness (QED) is 0.425. The number of rotatable bonds is 11. The van der Waals surface area contributed by atoms with E-state index in [9.17, 15) is 4.79 Å². The third-order valence-electron chi connectivity index (χ3n) is 6.35. The second-order valence-corrected chi connectivity index (χ2v) is 9.23. The van der Waals surface area contributed by atoms with E-state index in [2.05, 4.69) is 44.6 Å². The molecule has 9 heteroatoms. The first-order valence-corrected chi connectivity index (χ1v) is 12.9. The minimum Gasteiger partial charge on any atom is -0.494 e.